The fourth-order valence-corrected chi connectivity index (χ4v) is 2.84. The third-order valence-electron chi connectivity index (χ3n) is 3.73. The lowest BCUT2D eigenvalue weighted by Crippen LogP contribution is -2.20. The van der Waals surface area contributed by atoms with Crippen molar-refractivity contribution >= 4 is 27.4 Å². The summed E-state index contributed by atoms with van der Waals surface area (Å²) in [4.78, 5) is 13.9. The first-order valence-electron chi connectivity index (χ1n) is 8.08. The zero-order valence-corrected chi connectivity index (χ0v) is 15.7. The van der Waals surface area contributed by atoms with Crippen LogP contribution in [0.5, 0.6) is 0 Å². The van der Waals surface area contributed by atoms with Crippen LogP contribution >= 0.6 is 0 Å². The first-order chi connectivity index (χ1) is 12.7. The molecule has 2 rings (SSSR count). The molecule has 0 saturated carbocycles. The van der Waals surface area contributed by atoms with Gasteiger partial charge in [0.2, 0.25) is 0 Å². The largest absolute Gasteiger partial charge is 0.347 e. The zero-order valence-electron chi connectivity index (χ0n) is 14.9. The summed E-state index contributed by atoms with van der Waals surface area (Å²) in [7, 11) is -4.31. The summed E-state index contributed by atoms with van der Waals surface area (Å²) < 4.78 is 31.1. The summed E-state index contributed by atoms with van der Waals surface area (Å²) in [5.41, 5.74) is 2.11. The molecular weight excluding hydrogens is 366 g/mol. The fraction of sp³-hybridized carbons (Fsp3) is 0.158. The molecule has 0 heterocycles. The second-order valence-electron chi connectivity index (χ2n) is 5.73. The van der Waals surface area contributed by atoms with Gasteiger partial charge >= 0.3 is 0 Å². The minimum Gasteiger partial charge on any atom is -0.347 e. The van der Waals surface area contributed by atoms with E-state index in [2.05, 4.69) is 5.32 Å². The average Bonchev–Trinajstić information content (AvgIpc) is 2.62. The molecule has 2 aromatic rings. The lowest BCUT2D eigenvalue weighted by Gasteiger charge is -2.19. The topological polar surface area (TPSA) is 111 Å². The van der Waals surface area contributed by atoms with Gasteiger partial charge < -0.3 is 10.2 Å². The van der Waals surface area contributed by atoms with Crippen molar-refractivity contribution in [3.05, 3.63) is 65.9 Å². The van der Waals surface area contributed by atoms with Crippen molar-refractivity contribution in [2.24, 2.45) is 0 Å². The lowest BCUT2D eigenvalue weighted by atomic mass is 10.2. The summed E-state index contributed by atoms with van der Waals surface area (Å²) in [5.74, 6) is -0.622. The number of nitriles is 1. The lowest BCUT2D eigenvalue weighted by molar-refractivity contribution is -0.112. The Hall–Kier alpha value is -3.15. The van der Waals surface area contributed by atoms with Crippen molar-refractivity contribution < 1.29 is 17.8 Å². The number of anilines is 2. The summed E-state index contributed by atoms with van der Waals surface area (Å²) in [6.07, 6.45) is 1.47. The molecule has 8 heteroatoms. The number of carbonyl (C=O) groups is 1. The number of nitrogens with one attached hydrogen (secondary N) is 1. The van der Waals surface area contributed by atoms with Gasteiger partial charge in [0.1, 0.15) is 11.6 Å². The number of benzene rings is 2. The van der Waals surface area contributed by atoms with E-state index in [1.165, 1.54) is 18.3 Å². The Morgan fingerprint density at radius 3 is 2.44 bits per heavy atom. The van der Waals surface area contributed by atoms with Gasteiger partial charge in [-0.2, -0.15) is 13.7 Å². The number of nitrogens with zero attached hydrogens (tertiary/aromatic N) is 2. The second-order valence-corrected chi connectivity index (χ2v) is 7.15. The van der Waals surface area contributed by atoms with E-state index in [4.69, 9.17) is 4.55 Å². The number of aryl methyl sites for hydroxylation is 1. The van der Waals surface area contributed by atoms with Crippen LogP contribution in [0.15, 0.2) is 65.2 Å². The van der Waals surface area contributed by atoms with Crippen molar-refractivity contribution in [2.45, 2.75) is 18.7 Å². The molecule has 140 valence electrons. The van der Waals surface area contributed by atoms with Crippen molar-refractivity contribution in [1.29, 1.82) is 5.26 Å². The van der Waals surface area contributed by atoms with Crippen LogP contribution < -0.4 is 10.2 Å². The Kier molecular flexibility index (Phi) is 6.34. The Labute approximate surface area is 158 Å². The Morgan fingerprint density at radius 2 is 1.93 bits per heavy atom. The van der Waals surface area contributed by atoms with Gasteiger partial charge in [0.15, 0.2) is 0 Å². The van der Waals surface area contributed by atoms with Crippen LogP contribution in [-0.2, 0) is 14.9 Å². The number of rotatable bonds is 6. The molecule has 0 bridgehead atoms. The maximum absolute atomic E-state index is 12.4. The third kappa shape index (κ3) is 5.41. The van der Waals surface area contributed by atoms with E-state index < -0.39 is 16.0 Å². The quantitative estimate of drug-likeness (QED) is 0.449. The zero-order chi connectivity index (χ0) is 20.0. The molecule has 0 spiro atoms. The van der Waals surface area contributed by atoms with E-state index in [-0.39, 0.29) is 10.5 Å². The summed E-state index contributed by atoms with van der Waals surface area (Å²) in [6.45, 7) is 4.42. The third-order valence-corrected chi connectivity index (χ3v) is 4.60. The Bertz CT molecular complexity index is 1010. The molecule has 0 aromatic heterocycles. The second kappa shape index (κ2) is 8.49. The first-order valence-corrected chi connectivity index (χ1v) is 9.52. The van der Waals surface area contributed by atoms with Gasteiger partial charge in [-0.25, -0.2) is 0 Å². The Balaban J connectivity index is 2.22. The highest BCUT2D eigenvalue weighted by Gasteiger charge is 2.14. The smallest absolute Gasteiger partial charge is 0.294 e. The molecule has 7 nitrogen and oxygen atoms in total. The highest BCUT2D eigenvalue weighted by atomic mass is 32.2. The molecule has 0 aliphatic rings. The molecule has 0 aliphatic heterocycles. The van der Waals surface area contributed by atoms with Crippen LogP contribution in [0.2, 0.25) is 0 Å². The van der Waals surface area contributed by atoms with Crippen LogP contribution in [0.1, 0.15) is 12.5 Å². The van der Waals surface area contributed by atoms with Gasteiger partial charge in [0.05, 0.1) is 4.90 Å². The maximum atomic E-state index is 12.4. The Morgan fingerprint density at radius 1 is 1.26 bits per heavy atom. The summed E-state index contributed by atoms with van der Waals surface area (Å²) in [5, 5.41) is 11.9. The minimum atomic E-state index is -4.31. The van der Waals surface area contributed by atoms with Gasteiger partial charge in [-0.15, -0.1) is 0 Å². The minimum absolute atomic E-state index is 0.0998. The predicted molar refractivity (Wildman–Crippen MR) is 103 cm³/mol. The van der Waals surface area contributed by atoms with Crippen LogP contribution in [0.25, 0.3) is 0 Å². The molecule has 0 atom stereocenters. The van der Waals surface area contributed by atoms with Crippen molar-refractivity contribution in [2.75, 3.05) is 16.8 Å². The van der Waals surface area contributed by atoms with Crippen LogP contribution in [0.3, 0.4) is 0 Å². The number of amides is 1. The van der Waals surface area contributed by atoms with Crippen LogP contribution in [0, 0.1) is 18.3 Å². The van der Waals surface area contributed by atoms with E-state index in [1.807, 2.05) is 44.2 Å². The molecule has 0 radical (unpaired) electrons. The van der Waals surface area contributed by atoms with Crippen molar-refractivity contribution in [3.8, 4) is 6.07 Å². The molecule has 1 amide bonds. The van der Waals surface area contributed by atoms with E-state index in [1.54, 1.807) is 4.90 Å². The molecule has 2 aromatic carbocycles. The van der Waals surface area contributed by atoms with Crippen molar-refractivity contribution in [3.63, 3.8) is 0 Å². The van der Waals surface area contributed by atoms with Gasteiger partial charge in [-0.05, 0) is 55.8 Å². The molecular formula is C19H19N3O4S. The SMILES string of the molecule is CCN(/C=C(/C#N)C(=O)Nc1ccc(S(=O)(=O)O)cc1)c1cccc(C)c1. The van der Waals surface area contributed by atoms with E-state index >= 15 is 0 Å². The number of hydrogen-bond donors (Lipinski definition) is 2. The van der Waals surface area contributed by atoms with Gasteiger partial charge in [-0.3, -0.25) is 9.35 Å². The molecule has 0 unspecified atom stereocenters. The molecule has 2 N–H and O–H groups in total. The van der Waals surface area contributed by atoms with E-state index in [0.717, 1.165) is 23.4 Å². The normalized spacial score (nSPS) is 11.6. The predicted octanol–water partition coefficient (Wildman–Crippen LogP) is 3.11. The maximum Gasteiger partial charge on any atom is 0.294 e. The summed E-state index contributed by atoms with van der Waals surface area (Å²) in [6, 6.07) is 14.5. The molecule has 0 saturated heterocycles. The number of carbonyl (C=O) groups excluding carboxylic acids is 1. The van der Waals surface area contributed by atoms with Crippen LogP contribution in [-0.4, -0.2) is 25.4 Å². The van der Waals surface area contributed by atoms with Crippen molar-refractivity contribution in [1.82, 2.24) is 0 Å². The van der Waals surface area contributed by atoms with E-state index in [9.17, 15) is 18.5 Å². The monoisotopic (exact) mass is 385 g/mol. The van der Waals surface area contributed by atoms with E-state index in [0.29, 0.717) is 12.2 Å². The van der Waals surface area contributed by atoms with Crippen LogP contribution in [0.4, 0.5) is 11.4 Å². The highest BCUT2D eigenvalue weighted by molar-refractivity contribution is 7.85. The van der Waals surface area contributed by atoms with Gasteiger partial charge in [-0.1, -0.05) is 12.1 Å². The highest BCUT2D eigenvalue weighted by Crippen LogP contribution is 2.18. The average molecular weight is 385 g/mol. The standard InChI is InChI=1S/C19H19N3O4S/c1-3-22(17-6-4-5-14(2)11-17)13-15(12-20)19(23)21-16-7-9-18(10-8-16)27(24,25)26/h4-11,13H,3H2,1-2H3,(H,21,23)(H,24,25,26)/b15-13-. The fourth-order valence-electron chi connectivity index (χ4n) is 2.36. The molecule has 27 heavy (non-hydrogen) atoms. The first kappa shape index (κ1) is 20.2. The molecule has 0 aliphatic carbocycles. The number of hydrogen-bond acceptors (Lipinski definition) is 5. The summed E-state index contributed by atoms with van der Waals surface area (Å²) >= 11 is 0. The van der Waals surface area contributed by atoms with Gasteiger partial charge in [0, 0.05) is 24.1 Å². The van der Waals surface area contributed by atoms with Gasteiger partial charge in [0.25, 0.3) is 16.0 Å². The molecule has 0 fully saturated rings.